The van der Waals surface area contributed by atoms with Gasteiger partial charge in [-0.25, -0.2) is 0 Å². The Bertz CT molecular complexity index is 209. The van der Waals surface area contributed by atoms with E-state index in [-0.39, 0.29) is 0 Å². The summed E-state index contributed by atoms with van der Waals surface area (Å²) in [5, 5.41) is 3.71. The molecule has 108 valence electrons. The monoisotopic (exact) mass is 254 g/mol. The minimum atomic E-state index is 0.691. The van der Waals surface area contributed by atoms with Crippen molar-refractivity contribution in [3.8, 4) is 0 Å². The molecule has 0 radical (unpaired) electrons. The second-order valence-electron chi connectivity index (χ2n) is 6.22. The molecule has 3 unspecified atom stereocenters. The third-order valence-corrected chi connectivity index (χ3v) is 4.62. The van der Waals surface area contributed by atoms with Crippen molar-refractivity contribution >= 4 is 0 Å². The molecule has 2 heteroatoms. The van der Waals surface area contributed by atoms with Crippen molar-refractivity contribution < 1.29 is 0 Å². The van der Waals surface area contributed by atoms with Gasteiger partial charge in [0.2, 0.25) is 0 Å². The van der Waals surface area contributed by atoms with Gasteiger partial charge in [-0.1, -0.05) is 41.0 Å². The molecule has 0 saturated carbocycles. The van der Waals surface area contributed by atoms with Gasteiger partial charge in [0.05, 0.1) is 0 Å². The molecule has 1 rings (SSSR count). The molecule has 3 atom stereocenters. The first-order chi connectivity index (χ1) is 8.63. The van der Waals surface area contributed by atoms with Gasteiger partial charge >= 0.3 is 0 Å². The van der Waals surface area contributed by atoms with E-state index in [0.29, 0.717) is 6.04 Å². The largest absolute Gasteiger partial charge is 0.313 e. The van der Waals surface area contributed by atoms with Gasteiger partial charge in [-0.2, -0.15) is 0 Å². The Kier molecular flexibility index (Phi) is 7.25. The summed E-state index contributed by atoms with van der Waals surface area (Å²) in [6.07, 6.45) is 5.28. The minimum Gasteiger partial charge on any atom is -0.313 e. The number of nitrogens with one attached hydrogen (secondary N) is 1. The Labute approximate surface area is 115 Å². The Morgan fingerprint density at radius 3 is 2.39 bits per heavy atom. The third-order valence-electron chi connectivity index (χ3n) is 4.62. The van der Waals surface area contributed by atoms with Crippen LogP contribution in [0.3, 0.4) is 0 Å². The topological polar surface area (TPSA) is 15.3 Å². The summed E-state index contributed by atoms with van der Waals surface area (Å²) in [6.45, 7) is 15.4. The zero-order chi connectivity index (χ0) is 13.5. The number of rotatable bonds is 8. The normalized spacial score (nSPS) is 24.7. The van der Waals surface area contributed by atoms with Crippen LogP contribution in [0.15, 0.2) is 0 Å². The molecule has 1 saturated heterocycles. The van der Waals surface area contributed by atoms with Gasteiger partial charge in [0.25, 0.3) is 0 Å². The van der Waals surface area contributed by atoms with Crippen LogP contribution in [0, 0.1) is 11.8 Å². The highest BCUT2D eigenvalue weighted by Crippen LogP contribution is 2.27. The van der Waals surface area contributed by atoms with Crippen molar-refractivity contribution in [2.45, 2.75) is 72.4 Å². The maximum atomic E-state index is 3.71. The van der Waals surface area contributed by atoms with Gasteiger partial charge < -0.3 is 5.32 Å². The van der Waals surface area contributed by atoms with Crippen LogP contribution in [0.5, 0.6) is 0 Å². The fourth-order valence-electron chi connectivity index (χ4n) is 3.46. The highest BCUT2D eigenvalue weighted by atomic mass is 15.2. The lowest BCUT2D eigenvalue weighted by Crippen LogP contribution is -2.49. The lowest BCUT2D eigenvalue weighted by Gasteiger charge is -2.35. The summed E-state index contributed by atoms with van der Waals surface area (Å²) in [4.78, 5) is 2.76. The van der Waals surface area contributed by atoms with Gasteiger partial charge in [-0.05, 0) is 44.2 Å². The van der Waals surface area contributed by atoms with Crippen molar-refractivity contribution in [2.75, 3.05) is 19.6 Å². The zero-order valence-electron chi connectivity index (χ0n) is 13.2. The number of likely N-dealkylation sites (tertiary alicyclic amines) is 1. The molecule has 0 amide bonds. The van der Waals surface area contributed by atoms with E-state index in [9.17, 15) is 0 Å². The van der Waals surface area contributed by atoms with Crippen LogP contribution in [0.25, 0.3) is 0 Å². The van der Waals surface area contributed by atoms with Crippen LogP contribution in [0.2, 0.25) is 0 Å². The molecule has 0 aromatic carbocycles. The lowest BCUT2D eigenvalue weighted by atomic mass is 9.95. The maximum absolute atomic E-state index is 3.71. The number of hydrogen-bond donors (Lipinski definition) is 1. The Morgan fingerprint density at radius 1 is 1.22 bits per heavy atom. The first kappa shape index (κ1) is 16.0. The highest BCUT2D eigenvalue weighted by molar-refractivity contribution is 4.88. The van der Waals surface area contributed by atoms with Gasteiger partial charge in [0.15, 0.2) is 0 Å². The highest BCUT2D eigenvalue weighted by Gasteiger charge is 2.32. The molecule has 18 heavy (non-hydrogen) atoms. The summed E-state index contributed by atoms with van der Waals surface area (Å²) >= 11 is 0. The van der Waals surface area contributed by atoms with Gasteiger partial charge in [-0.15, -0.1) is 0 Å². The fourth-order valence-corrected chi connectivity index (χ4v) is 3.46. The van der Waals surface area contributed by atoms with E-state index in [1.165, 1.54) is 38.8 Å². The van der Waals surface area contributed by atoms with E-state index >= 15 is 0 Å². The molecule has 1 fully saturated rings. The molecule has 1 N–H and O–H groups in total. The predicted octanol–water partition coefficient (Wildman–Crippen LogP) is 3.52. The Morgan fingerprint density at radius 2 is 1.94 bits per heavy atom. The van der Waals surface area contributed by atoms with Crippen LogP contribution in [-0.4, -0.2) is 36.6 Å². The van der Waals surface area contributed by atoms with Crippen molar-refractivity contribution in [3.05, 3.63) is 0 Å². The molecule has 0 bridgehead atoms. The third kappa shape index (κ3) is 4.24. The zero-order valence-corrected chi connectivity index (χ0v) is 13.2. The van der Waals surface area contributed by atoms with Crippen molar-refractivity contribution in [2.24, 2.45) is 11.8 Å². The Hall–Kier alpha value is -0.0800. The molecule has 1 aliphatic rings. The summed E-state index contributed by atoms with van der Waals surface area (Å²) in [6, 6.07) is 1.43. The standard InChI is InChI=1S/C16H34N2/c1-6-9-15(17-8-3)16(7-2)18-11-10-14(12-18)13(4)5/h13-17H,6-12H2,1-5H3. The first-order valence-corrected chi connectivity index (χ1v) is 8.11. The summed E-state index contributed by atoms with van der Waals surface area (Å²) < 4.78 is 0. The summed E-state index contributed by atoms with van der Waals surface area (Å²) in [5.74, 6) is 1.76. The number of nitrogens with zero attached hydrogens (tertiary/aromatic N) is 1. The molecule has 1 heterocycles. The first-order valence-electron chi connectivity index (χ1n) is 8.11. The molecule has 2 nitrogen and oxygen atoms in total. The average Bonchev–Trinajstić information content (AvgIpc) is 2.80. The summed E-state index contributed by atoms with van der Waals surface area (Å²) in [7, 11) is 0. The molecule has 0 aromatic heterocycles. The van der Waals surface area contributed by atoms with Crippen LogP contribution >= 0.6 is 0 Å². The quantitative estimate of drug-likeness (QED) is 0.713. The van der Waals surface area contributed by atoms with Crippen LogP contribution in [0.1, 0.15) is 60.3 Å². The van der Waals surface area contributed by atoms with E-state index in [1.807, 2.05) is 0 Å². The van der Waals surface area contributed by atoms with Gasteiger partial charge in [0, 0.05) is 18.6 Å². The molecular weight excluding hydrogens is 220 g/mol. The predicted molar refractivity (Wildman–Crippen MR) is 81.0 cm³/mol. The number of hydrogen-bond acceptors (Lipinski definition) is 2. The van der Waals surface area contributed by atoms with Gasteiger partial charge in [-0.3, -0.25) is 4.90 Å². The minimum absolute atomic E-state index is 0.691. The van der Waals surface area contributed by atoms with Crippen molar-refractivity contribution in [1.29, 1.82) is 0 Å². The van der Waals surface area contributed by atoms with E-state index in [0.717, 1.165) is 24.4 Å². The van der Waals surface area contributed by atoms with E-state index in [1.54, 1.807) is 0 Å². The van der Waals surface area contributed by atoms with Gasteiger partial charge in [0.1, 0.15) is 0 Å². The van der Waals surface area contributed by atoms with E-state index < -0.39 is 0 Å². The second kappa shape index (κ2) is 8.16. The molecule has 0 spiro atoms. The van der Waals surface area contributed by atoms with E-state index in [2.05, 4.69) is 44.8 Å². The average molecular weight is 254 g/mol. The lowest BCUT2D eigenvalue weighted by molar-refractivity contribution is 0.169. The molecule has 1 aliphatic heterocycles. The van der Waals surface area contributed by atoms with Crippen LogP contribution in [0.4, 0.5) is 0 Å². The van der Waals surface area contributed by atoms with Crippen molar-refractivity contribution in [3.63, 3.8) is 0 Å². The molecule has 0 aliphatic carbocycles. The maximum Gasteiger partial charge on any atom is 0.0246 e. The smallest absolute Gasteiger partial charge is 0.0246 e. The fraction of sp³-hybridized carbons (Fsp3) is 1.00. The Balaban J connectivity index is 2.58. The second-order valence-corrected chi connectivity index (χ2v) is 6.22. The molecular formula is C16H34N2. The van der Waals surface area contributed by atoms with E-state index in [4.69, 9.17) is 0 Å². The SMILES string of the molecule is CCCC(NCC)C(CC)N1CCC(C(C)C)C1. The summed E-state index contributed by atoms with van der Waals surface area (Å²) in [5.41, 5.74) is 0. The van der Waals surface area contributed by atoms with Crippen LogP contribution in [-0.2, 0) is 0 Å². The number of likely N-dealkylation sites (N-methyl/N-ethyl adjacent to an activating group) is 1. The van der Waals surface area contributed by atoms with Crippen LogP contribution < -0.4 is 5.32 Å². The molecule has 0 aromatic rings. The van der Waals surface area contributed by atoms with Crippen molar-refractivity contribution in [1.82, 2.24) is 10.2 Å².